The first-order chi connectivity index (χ1) is 9.58. The van der Waals surface area contributed by atoms with Gasteiger partial charge in [0.1, 0.15) is 11.6 Å². The number of aromatic nitrogens is 2. The number of hydrogen-bond donors (Lipinski definition) is 3. The van der Waals surface area contributed by atoms with E-state index < -0.39 is 0 Å². The lowest BCUT2D eigenvalue weighted by molar-refractivity contribution is 0.873. The van der Waals surface area contributed by atoms with E-state index >= 15 is 0 Å². The van der Waals surface area contributed by atoms with Crippen LogP contribution < -0.4 is 16.4 Å². The van der Waals surface area contributed by atoms with Crippen molar-refractivity contribution in [3.05, 3.63) is 40.9 Å². The molecule has 0 aliphatic heterocycles. The molecule has 0 bridgehead atoms. The summed E-state index contributed by atoms with van der Waals surface area (Å²) in [5, 5.41) is 7.13. The number of rotatable bonds is 5. The molecule has 0 fully saturated rings. The van der Waals surface area contributed by atoms with Gasteiger partial charge >= 0.3 is 0 Å². The van der Waals surface area contributed by atoms with Gasteiger partial charge in [0.2, 0.25) is 5.95 Å². The Morgan fingerprint density at radius 3 is 2.70 bits per heavy atom. The molecule has 4 N–H and O–H groups in total. The SMILES string of the molecule is CCNc1cc(NC(C)c2cccc(Cl)c2)nc(N)n1. The van der Waals surface area contributed by atoms with Crippen LogP contribution in [0.1, 0.15) is 25.5 Å². The van der Waals surface area contributed by atoms with Crippen LogP contribution in [0.3, 0.4) is 0 Å². The van der Waals surface area contributed by atoms with Crippen LogP contribution in [0.25, 0.3) is 0 Å². The summed E-state index contributed by atoms with van der Waals surface area (Å²) in [7, 11) is 0. The zero-order valence-corrected chi connectivity index (χ0v) is 12.3. The molecule has 5 nitrogen and oxygen atoms in total. The predicted octanol–water partition coefficient (Wildman–Crippen LogP) is 3.32. The molecule has 0 saturated carbocycles. The minimum atomic E-state index is 0.0671. The molecule has 106 valence electrons. The first-order valence-corrected chi connectivity index (χ1v) is 6.86. The van der Waals surface area contributed by atoms with Crippen LogP contribution >= 0.6 is 11.6 Å². The zero-order valence-electron chi connectivity index (χ0n) is 11.5. The fourth-order valence-corrected chi connectivity index (χ4v) is 2.09. The maximum Gasteiger partial charge on any atom is 0.223 e. The maximum absolute atomic E-state index is 6.00. The van der Waals surface area contributed by atoms with Gasteiger partial charge in [-0.2, -0.15) is 9.97 Å². The topological polar surface area (TPSA) is 75.9 Å². The van der Waals surface area contributed by atoms with Crippen molar-refractivity contribution in [3.8, 4) is 0 Å². The molecule has 0 aliphatic rings. The summed E-state index contributed by atoms with van der Waals surface area (Å²) >= 11 is 6.00. The lowest BCUT2D eigenvalue weighted by atomic mass is 10.1. The number of nitrogens with zero attached hydrogens (tertiary/aromatic N) is 2. The Morgan fingerprint density at radius 2 is 2.00 bits per heavy atom. The Kier molecular flexibility index (Phi) is 4.63. The van der Waals surface area contributed by atoms with E-state index in [0.717, 1.165) is 12.1 Å². The molecule has 0 saturated heterocycles. The summed E-state index contributed by atoms with van der Waals surface area (Å²) < 4.78 is 0. The van der Waals surface area contributed by atoms with Crippen LogP contribution in [0, 0.1) is 0 Å². The van der Waals surface area contributed by atoms with E-state index in [1.165, 1.54) is 0 Å². The average Bonchev–Trinajstić information content (AvgIpc) is 2.38. The highest BCUT2D eigenvalue weighted by molar-refractivity contribution is 6.30. The molecule has 0 spiro atoms. The Hall–Kier alpha value is -2.01. The van der Waals surface area contributed by atoms with Gasteiger partial charge in [0.25, 0.3) is 0 Å². The molecule has 1 heterocycles. The van der Waals surface area contributed by atoms with Gasteiger partial charge < -0.3 is 16.4 Å². The highest BCUT2D eigenvalue weighted by atomic mass is 35.5. The van der Waals surface area contributed by atoms with Crippen molar-refractivity contribution in [1.29, 1.82) is 0 Å². The minimum absolute atomic E-state index is 0.0671. The third-order valence-corrected chi connectivity index (χ3v) is 3.05. The Labute approximate surface area is 123 Å². The first-order valence-electron chi connectivity index (χ1n) is 6.49. The van der Waals surface area contributed by atoms with Gasteiger partial charge in [0.05, 0.1) is 0 Å². The number of benzene rings is 1. The molecule has 1 aromatic carbocycles. The second-order valence-electron chi connectivity index (χ2n) is 4.45. The lowest BCUT2D eigenvalue weighted by Gasteiger charge is -2.16. The third-order valence-electron chi connectivity index (χ3n) is 2.81. The van der Waals surface area contributed by atoms with Crippen LogP contribution in [0.4, 0.5) is 17.6 Å². The molecular formula is C14H18ClN5. The number of hydrogen-bond acceptors (Lipinski definition) is 5. The first kappa shape index (κ1) is 14.4. The molecule has 6 heteroatoms. The highest BCUT2D eigenvalue weighted by Gasteiger charge is 2.08. The highest BCUT2D eigenvalue weighted by Crippen LogP contribution is 2.22. The van der Waals surface area contributed by atoms with Gasteiger partial charge in [0.15, 0.2) is 0 Å². The molecule has 0 amide bonds. The number of nitrogens with one attached hydrogen (secondary N) is 2. The summed E-state index contributed by atoms with van der Waals surface area (Å²) in [6.45, 7) is 4.82. The molecule has 0 radical (unpaired) electrons. The normalized spacial score (nSPS) is 11.9. The average molecular weight is 292 g/mol. The maximum atomic E-state index is 6.00. The van der Waals surface area contributed by atoms with E-state index in [9.17, 15) is 0 Å². The van der Waals surface area contributed by atoms with Crippen molar-refractivity contribution < 1.29 is 0 Å². The number of nitrogen functional groups attached to an aromatic ring is 1. The third kappa shape index (κ3) is 3.74. The minimum Gasteiger partial charge on any atom is -0.370 e. The second-order valence-corrected chi connectivity index (χ2v) is 4.88. The molecule has 1 aromatic heterocycles. The second kappa shape index (κ2) is 6.43. The summed E-state index contributed by atoms with van der Waals surface area (Å²) in [6, 6.07) is 9.62. The van der Waals surface area contributed by atoms with Gasteiger partial charge in [-0.05, 0) is 31.5 Å². The monoisotopic (exact) mass is 291 g/mol. The Morgan fingerprint density at radius 1 is 1.25 bits per heavy atom. The molecule has 0 aliphatic carbocycles. The van der Waals surface area contributed by atoms with Gasteiger partial charge in [-0.1, -0.05) is 23.7 Å². The smallest absolute Gasteiger partial charge is 0.223 e. The van der Waals surface area contributed by atoms with Crippen LogP contribution in [0.5, 0.6) is 0 Å². The van der Waals surface area contributed by atoms with Gasteiger partial charge in [0, 0.05) is 23.7 Å². The summed E-state index contributed by atoms with van der Waals surface area (Å²) in [5.74, 6) is 1.63. The molecule has 20 heavy (non-hydrogen) atoms. The largest absolute Gasteiger partial charge is 0.370 e. The van der Waals surface area contributed by atoms with Gasteiger partial charge in [-0.3, -0.25) is 0 Å². The van der Waals surface area contributed by atoms with Gasteiger partial charge in [-0.25, -0.2) is 0 Å². The zero-order chi connectivity index (χ0) is 14.5. The molecular weight excluding hydrogens is 274 g/mol. The van der Waals surface area contributed by atoms with Crippen molar-refractivity contribution >= 4 is 29.2 Å². The van der Waals surface area contributed by atoms with E-state index in [4.69, 9.17) is 17.3 Å². The molecule has 1 atom stereocenters. The van der Waals surface area contributed by atoms with Crippen LogP contribution in [-0.4, -0.2) is 16.5 Å². The lowest BCUT2D eigenvalue weighted by Crippen LogP contribution is -2.11. The molecule has 2 aromatic rings. The number of anilines is 3. The Balaban J connectivity index is 2.16. The summed E-state index contributed by atoms with van der Waals surface area (Å²) in [4.78, 5) is 8.30. The van der Waals surface area contributed by atoms with Crippen LogP contribution in [0.2, 0.25) is 5.02 Å². The van der Waals surface area contributed by atoms with Gasteiger partial charge in [-0.15, -0.1) is 0 Å². The molecule has 1 unspecified atom stereocenters. The van der Waals surface area contributed by atoms with E-state index in [1.54, 1.807) is 0 Å². The summed E-state index contributed by atoms with van der Waals surface area (Å²) in [6.07, 6.45) is 0. The quantitative estimate of drug-likeness (QED) is 0.788. The van der Waals surface area contributed by atoms with E-state index in [2.05, 4.69) is 20.6 Å². The fraction of sp³-hybridized carbons (Fsp3) is 0.286. The summed E-state index contributed by atoms with van der Waals surface area (Å²) in [5.41, 5.74) is 6.79. The number of nitrogens with two attached hydrogens (primary N) is 1. The van der Waals surface area contributed by atoms with E-state index in [-0.39, 0.29) is 12.0 Å². The fourth-order valence-electron chi connectivity index (χ4n) is 1.89. The Bertz CT molecular complexity index is 588. The van der Waals surface area contributed by atoms with E-state index in [0.29, 0.717) is 16.7 Å². The van der Waals surface area contributed by atoms with Crippen molar-refractivity contribution in [3.63, 3.8) is 0 Å². The van der Waals surface area contributed by atoms with Crippen molar-refractivity contribution in [2.24, 2.45) is 0 Å². The van der Waals surface area contributed by atoms with Crippen molar-refractivity contribution in [2.75, 3.05) is 22.9 Å². The van der Waals surface area contributed by atoms with Crippen molar-refractivity contribution in [1.82, 2.24) is 9.97 Å². The van der Waals surface area contributed by atoms with Crippen LogP contribution in [-0.2, 0) is 0 Å². The van der Waals surface area contributed by atoms with E-state index in [1.807, 2.05) is 44.2 Å². The van der Waals surface area contributed by atoms with Crippen LogP contribution in [0.15, 0.2) is 30.3 Å². The standard InChI is InChI=1S/C14H18ClN5/c1-3-17-12-8-13(20-14(16)19-12)18-9(2)10-5-4-6-11(15)7-10/h4-9H,3H2,1-2H3,(H4,16,17,18,19,20). The molecule has 2 rings (SSSR count). The predicted molar refractivity (Wildman–Crippen MR) is 84.1 cm³/mol. The number of halogens is 1. The van der Waals surface area contributed by atoms with Crippen molar-refractivity contribution in [2.45, 2.75) is 19.9 Å².